The van der Waals surface area contributed by atoms with Crippen LogP contribution in [-0.2, 0) is 20.2 Å². The average Bonchev–Trinajstić information content (AvgIpc) is 3.29. The Balaban J connectivity index is 1.95. The van der Waals surface area contributed by atoms with Gasteiger partial charge in [0.2, 0.25) is 0 Å². The molecule has 0 atom stereocenters. The number of halogens is 9. The van der Waals surface area contributed by atoms with E-state index in [2.05, 4.69) is 10.6 Å². The van der Waals surface area contributed by atoms with Crippen molar-refractivity contribution in [2.24, 2.45) is 0 Å². The molecule has 1 heterocycles. The molecule has 216 valence electrons. The van der Waals surface area contributed by atoms with Gasteiger partial charge in [0.25, 0.3) is 0 Å². The lowest BCUT2D eigenvalue weighted by Gasteiger charge is -2.38. The Kier molecular flexibility index (Phi) is 8.71. The van der Waals surface area contributed by atoms with Gasteiger partial charge < -0.3 is 0 Å². The van der Waals surface area contributed by atoms with Gasteiger partial charge in [-0.15, -0.1) is 0 Å². The van der Waals surface area contributed by atoms with Gasteiger partial charge in [-0.25, -0.2) is 3.63 Å². The van der Waals surface area contributed by atoms with Crippen LogP contribution in [0.15, 0.2) is 41.3 Å². The molecule has 1 fully saturated rings. The summed E-state index contributed by atoms with van der Waals surface area (Å²) in [6.45, 7) is 2.09. The lowest BCUT2D eigenvalue weighted by Crippen LogP contribution is -2.63. The minimum atomic E-state index is -7.34. The molecule has 3 nitrogen and oxygen atoms in total. The van der Waals surface area contributed by atoms with Crippen molar-refractivity contribution in [3.8, 4) is 0 Å². The van der Waals surface area contributed by atoms with Gasteiger partial charge >= 0.3 is 33.4 Å². The van der Waals surface area contributed by atoms with E-state index < -0.39 is 43.7 Å². The van der Waals surface area contributed by atoms with Crippen molar-refractivity contribution in [1.82, 2.24) is 0 Å². The van der Waals surface area contributed by atoms with Crippen LogP contribution in [0.5, 0.6) is 0 Å². The average molecular weight is 599 g/mol. The largest absolute Gasteiger partial charge is 0.460 e. The number of rotatable bonds is 11. The number of alkyl halides is 9. The Hall–Kier alpha value is -1.67. The van der Waals surface area contributed by atoms with Crippen molar-refractivity contribution >= 4 is 31.2 Å². The number of aryl methyl sites for hydroxylation is 1. The van der Waals surface area contributed by atoms with Crippen molar-refractivity contribution in [1.29, 1.82) is 0 Å². The molecular formula is C24H27F9O3S2. The maximum atomic E-state index is 14.4. The lowest BCUT2D eigenvalue weighted by molar-refractivity contribution is -0.382. The van der Waals surface area contributed by atoms with Crippen LogP contribution in [0.2, 0.25) is 0 Å². The zero-order valence-electron chi connectivity index (χ0n) is 20.3. The van der Waals surface area contributed by atoms with E-state index >= 15 is 0 Å². The Morgan fingerprint density at radius 3 is 1.95 bits per heavy atom. The van der Waals surface area contributed by atoms with E-state index in [9.17, 15) is 47.9 Å². The molecule has 0 aliphatic carbocycles. The highest BCUT2D eigenvalue weighted by Gasteiger charge is 2.86. The molecule has 2 aromatic rings. The second-order valence-electron chi connectivity index (χ2n) is 9.27. The van der Waals surface area contributed by atoms with Crippen molar-refractivity contribution in [2.45, 2.75) is 80.0 Å². The number of benzene rings is 2. The third-order valence-corrected chi connectivity index (χ3v) is 12.1. The molecule has 0 radical (unpaired) electrons. The fraction of sp³-hybridized carbons (Fsp3) is 0.583. The Bertz CT molecular complexity index is 1240. The fourth-order valence-corrected chi connectivity index (χ4v) is 9.95. The van der Waals surface area contributed by atoms with Crippen LogP contribution >= 0.6 is 10.3 Å². The molecule has 1 aliphatic rings. The van der Waals surface area contributed by atoms with Crippen molar-refractivity contribution in [3.05, 3.63) is 42.0 Å². The van der Waals surface area contributed by atoms with Gasteiger partial charge in [0.15, 0.2) is 0 Å². The molecule has 0 amide bonds. The van der Waals surface area contributed by atoms with Gasteiger partial charge in [-0.2, -0.15) is 47.9 Å². The van der Waals surface area contributed by atoms with Crippen LogP contribution in [-0.4, -0.2) is 43.2 Å². The normalized spacial score (nSPS) is 18.2. The van der Waals surface area contributed by atoms with Crippen LogP contribution in [0.1, 0.15) is 51.0 Å². The van der Waals surface area contributed by atoms with Crippen LogP contribution in [0.4, 0.5) is 39.5 Å². The smallest absolute Gasteiger partial charge is 0.211 e. The molecule has 0 N–H and O–H groups in total. The summed E-state index contributed by atoms with van der Waals surface area (Å²) in [5.74, 6) is -15.0. The molecule has 1 saturated heterocycles. The number of hydrogen-bond donors (Lipinski definition) is 0. The first-order valence-electron chi connectivity index (χ1n) is 11.9. The molecule has 0 unspecified atom stereocenters. The van der Waals surface area contributed by atoms with Crippen LogP contribution in [0, 0.1) is 0 Å². The molecule has 0 spiro atoms. The summed E-state index contributed by atoms with van der Waals surface area (Å²) in [5, 5.41) is -5.57. The van der Waals surface area contributed by atoms with E-state index in [1.54, 1.807) is 12.1 Å². The van der Waals surface area contributed by atoms with Gasteiger partial charge in [-0.1, -0.05) is 60.8 Å². The molecule has 14 heteroatoms. The summed E-state index contributed by atoms with van der Waals surface area (Å²) in [4.78, 5) is 0.0865. The third kappa shape index (κ3) is 5.49. The topological polar surface area (TPSA) is 43.4 Å². The van der Waals surface area contributed by atoms with Crippen LogP contribution < -0.4 is 0 Å². The molecule has 0 aromatic heterocycles. The molecule has 0 saturated carbocycles. The highest BCUT2D eigenvalue weighted by Crippen LogP contribution is 2.65. The lowest BCUT2D eigenvalue weighted by atomic mass is 10.0. The first-order chi connectivity index (χ1) is 17.4. The van der Waals surface area contributed by atoms with Gasteiger partial charge in [0.1, 0.15) is 0 Å². The van der Waals surface area contributed by atoms with E-state index in [4.69, 9.17) is 0 Å². The minimum Gasteiger partial charge on any atom is -0.211 e. The number of fused-ring (bicyclic) bond motifs is 1. The van der Waals surface area contributed by atoms with Gasteiger partial charge in [-0.05, 0) is 54.2 Å². The van der Waals surface area contributed by atoms with Crippen LogP contribution in [0.25, 0.3) is 10.8 Å². The Labute approximate surface area is 216 Å². The fourth-order valence-electron chi connectivity index (χ4n) is 4.26. The summed E-state index contributed by atoms with van der Waals surface area (Å²) in [6, 6.07) is 9.87. The molecule has 38 heavy (non-hydrogen) atoms. The summed E-state index contributed by atoms with van der Waals surface area (Å²) in [7, 11) is -10.2. The highest BCUT2D eigenvalue weighted by atomic mass is 32.3. The third-order valence-electron chi connectivity index (χ3n) is 6.47. The SMILES string of the molecule is CCCCCCc1ccc2cc(S3(OS(=O)(=O)C(F)(F)C(F)(F)C(F)(F)C(F)(F)F)CCCC3)ccc2c1. The van der Waals surface area contributed by atoms with Gasteiger partial charge in [0, 0.05) is 16.4 Å². The van der Waals surface area contributed by atoms with E-state index in [-0.39, 0.29) is 29.2 Å². The molecule has 3 rings (SSSR count). The Morgan fingerprint density at radius 1 is 0.789 bits per heavy atom. The summed E-state index contributed by atoms with van der Waals surface area (Å²) >= 11 is 0. The highest BCUT2D eigenvalue weighted by molar-refractivity contribution is 8.33. The minimum absolute atomic E-state index is 0.0865. The van der Waals surface area contributed by atoms with Crippen LogP contribution in [0.3, 0.4) is 0 Å². The summed E-state index contributed by atoms with van der Waals surface area (Å²) in [6.07, 6.45) is -1.60. The second kappa shape index (κ2) is 10.7. The predicted octanol–water partition coefficient (Wildman–Crippen LogP) is 8.61. The zero-order chi connectivity index (χ0) is 28.6. The van der Waals surface area contributed by atoms with Gasteiger partial charge in [0.05, 0.1) is 0 Å². The maximum absolute atomic E-state index is 14.4. The quantitative estimate of drug-likeness (QED) is 0.192. The van der Waals surface area contributed by atoms with Gasteiger partial charge in [-0.3, -0.25) is 0 Å². The van der Waals surface area contributed by atoms with Crippen molar-refractivity contribution < 1.29 is 51.6 Å². The second-order valence-corrected chi connectivity index (χ2v) is 14.1. The zero-order valence-corrected chi connectivity index (χ0v) is 21.9. The van der Waals surface area contributed by atoms with E-state index in [0.717, 1.165) is 43.1 Å². The van der Waals surface area contributed by atoms with Crippen molar-refractivity contribution in [3.63, 3.8) is 0 Å². The molecular weight excluding hydrogens is 571 g/mol. The van der Waals surface area contributed by atoms with E-state index in [1.807, 2.05) is 12.1 Å². The van der Waals surface area contributed by atoms with Crippen molar-refractivity contribution in [2.75, 3.05) is 11.5 Å². The summed E-state index contributed by atoms with van der Waals surface area (Å²) < 4.78 is 150. The maximum Gasteiger partial charge on any atom is 0.460 e. The standard InChI is InChI=1S/C24H27F9O3S2/c1-2-3-4-5-8-17-9-10-19-16-20(12-11-18(19)15-17)37(13-6-7-14-37)36-38(34,35)24(32,33)22(27,28)21(25,26)23(29,30)31/h9-12,15-16H,2-8,13-14H2,1H3. The number of unbranched alkanes of at least 4 members (excludes halogenated alkanes) is 3. The Morgan fingerprint density at radius 2 is 1.37 bits per heavy atom. The summed E-state index contributed by atoms with van der Waals surface area (Å²) in [5.41, 5.74) is 1.04. The first kappa shape index (κ1) is 30.9. The van der Waals surface area contributed by atoms with E-state index in [0.29, 0.717) is 5.39 Å². The monoisotopic (exact) mass is 598 g/mol. The molecule has 2 aromatic carbocycles. The molecule has 0 bridgehead atoms. The number of hydrogen-bond acceptors (Lipinski definition) is 3. The molecule has 1 aliphatic heterocycles. The predicted molar refractivity (Wildman–Crippen MR) is 128 cm³/mol. The van der Waals surface area contributed by atoms with E-state index in [1.165, 1.54) is 12.1 Å². The first-order valence-corrected chi connectivity index (χ1v) is 15.2.